The first kappa shape index (κ1) is 28.1. The monoisotopic (exact) mass is 533 g/mol. The number of aryl methyl sites for hydroxylation is 4. The number of aliphatic hydroxyl groups excluding tert-OH is 1. The average molecular weight is 534 g/mol. The lowest BCUT2D eigenvalue weighted by Gasteiger charge is -2.21. The largest absolute Gasteiger partial charge is 0.475 e. The summed E-state index contributed by atoms with van der Waals surface area (Å²) in [6.45, 7) is 10.3. The van der Waals surface area contributed by atoms with Crippen LogP contribution in [0.2, 0.25) is 0 Å². The van der Waals surface area contributed by atoms with E-state index < -0.39 is 23.8 Å². The molecule has 8 nitrogen and oxygen atoms in total. The van der Waals surface area contributed by atoms with Gasteiger partial charge in [-0.2, -0.15) is 0 Å². The summed E-state index contributed by atoms with van der Waals surface area (Å²) in [5.74, 6) is -6.19. The number of carboxylic acids is 2. The van der Waals surface area contributed by atoms with Crippen molar-refractivity contribution in [2.24, 2.45) is 0 Å². The van der Waals surface area contributed by atoms with E-state index in [-0.39, 0.29) is 17.5 Å². The van der Waals surface area contributed by atoms with E-state index >= 15 is 0 Å². The second-order valence-corrected chi connectivity index (χ2v) is 10.5. The molecule has 206 valence electrons. The van der Waals surface area contributed by atoms with Gasteiger partial charge in [0.05, 0.1) is 6.10 Å². The maximum atomic E-state index is 11.9. The quantitative estimate of drug-likeness (QED) is 0.284. The molecule has 1 heterocycles. The maximum absolute atomic E-state index is 11.9. The lowest BCUT2D eigenvalue weighted by Crippen LogP contribution is -2.54. The molecule has 3 aromatic rings. The molecule has 0 saturated heterocycles. The molecule has 3 aromatic carbocycles. The number of hydrogen-bond donors (Lipinski definition) is 4. The highest BCUT2D eigenvalue weighted by molar-refractivity contribution is 6.02. The number of rotatable bonds is 10. The van der Waals surface area contributed by atoms with E-state index in [0.717, 1.165) is 38.9 Å². The highest BCUT2D eigenvalue weighted by Crippen LogP contribution is 2.49. The molecule has 0 spiro atoms. The van der Waals surface area contributed by atoms with Gasteiger partial charge in [-0.05, 0) is 81.3 Å². The molecule has 0 radical (unpaired) electrons. The van der Waals surface area contributed by atoms with Crippen molar-refractivity contribution >= 4 is 11.9 Å². The first-order valence-corrected chi connectivity index (χ1v) is 13.0. The van der Waals surface area contributed by atoms with Crippen molar-refractivity contribution in [3.05, 3.63) is 81.9 Å². The number of ether oxygens (including phenoxy) is 2. The Morgan fingerprint density at radius 1 is 0.846 bits per heavy atom. The summed E-state index contributed by atoms with van der Waals surface area (Å²) in [6.07, 6.45) is 0.482. The summed E-state index contributed by atoms with van der Waals surface area (Å²) in [7, 11) is 0. The molecule has 4 N–H and O–H groups in total. The second kappa shape index (κ2) is 11.1. The predicted octanol–water partition coefficient (Wildman–Crippen LogP) is 4.35. The lowest BCUT2D eigenvalue weighted by molar-refractivity contribution is -0.194. The first-order chi connectivity index (χ1) is 18.4. The Morgan fingerprint density at radius 2 is 1.49 bits per heavy atom. The van der Waals surface area contributed by atoms with Crippen molar-refractivity contribution in [1.82, 2.24) is 5.32 Å². The molecule has 4 rings (SSSR count). The number of carboxylic acid groups (broad SMARTS) is 2. The fourth-order valence-electron chi connectivity index (χ4n) is 4.93. The highest BCUT2D eigenvalue weighted by Gasteiger charge is 2.58. The second-order valence-electron chi connectivity index (χ2n) is 10.5. The number of aliphatic hydroxyl groups is 1. The van der Waals surface area contributed by atoms with Crippen LogP contribution in [0.25, 0.3) is 11.1 Å². The molecule has 8 heteroatoms. The van der Waals surface area contributed by atoms with E-state index in [1.54, 1.807) is 6.07 Å². The van der Waals surface area contributed by atoms with Gasteiger partial charge in [-0.1, -0.05) is 53.6 Å². The summed E-state index contributed by atoms with van der Waals surface area (Å²) in [5, 5.41) is 33.5. The summed E-state index contributed by atoms with van der Waals surface area (Å²) in [6, 6.07) is 15.4. The van der Waals surface area contributed by atoms with Gasteiger partial charge in [0, 0.05) is 18.2 Å². The van der Waals surface area contributed by atoms with Crippen LogP contribution in [-0.2, 0) is 22.4 Å². The molecule has 0 aromatic heterocycles. The fourth-order valence-corrected chi connectivity index (χ4v) is 4.93. The van der Waals surface area contributed by atoms with Crippen molar-refractivity contribution in [3.63, 3.8) is 0 Å². The van der Waals surface area contributed by atoms with Crippen LogP contribution < -0.4 is 14.8 Å². The zero-order valence-electron chi connectivity index (χ0n) is 22.9. The van der Waals surface area contributed by atoms with Gasteiger partial charge in [0.15, 0.2) is 11.5 Å². The molecule has 2 unspecified atom stereocenters. The minimum absolute atomic E-state index is 0.0593. The smallest absolute Gasteiger partial charge is 0.453 e. The van der Waals surface area contributed by atoms with Gasteiger partial charge >= 0.3 is 17.7 Å². The number of nitrogens with one attached hydrogen (secondary N) is 1. The Balaban J connectivity index is 1.61. The van der Waals surface area contributed by atoms with Crippen LogP contribution in [0.3, 0.4) is 0 Å². The zero-order valence-corrected chi connectivity index (χ0v) is 22.9. The molecule has 0 saturated carbocycles. The van der Waals surface area contributed by atoms with Gasteiger partial charge in [0.2, 0.25) is 0 Å². The Labute approximate surface area is 228 Å². The Kier molecular flexibility index (Phi) is 7.99. The Bertz CT molecular complexity index is 1400. The van der Waals surface area contributed by atoms with Crippen molar-refractivity contribution in [3.8, 4) is 22.6 Å². The summed E-state index contributed by atoms with van der Waals surface area (Å²) < 4.78 is 11.0. The van der Waals surface area contributed by atoms with E-state index in [9.17, 15) is 24.9 Å². The standard InChI is InChI=1S/C31H35NO7/c1-17-6-8-19(3)23(12-17)15-24(33)16-32-21(5)14-22-10-11-26-28(39-31(38-26,29(34)35)30(36)37)27(22)25-13-18(2)7-9-20(25)4/h6-13,21,24,32-33H,14-16H2,1-5H3,(H,34,35)(H,36,37). The average Bonchev–Trinajstić information content (AvgIpc) is 3.28. The lowest BCUT2D eigenvalue weighted by atomic mass is 9.90. The van der Waals surface area contributed by atoms with Gasteiger partial charge in [-0.25, -0.2) is 9.59 Å². The molecule has 0 bridgehead atoms. The molecule has 1 aliphatic heterocycles. The molecular formula is C31H35NO7. The van der Waals surface area contributed by atoms with Crippen LogP contribution >= 0.6 is 0 Å². The number of aliphatic carboxylic acids is 2. The number of carbonyl (C=O) groups is 2. The molecular weight excluding hydrogens is 498 g/mol. The van der Waals surface area contributed by atoms with E-state index in [1.165, 1.54) is 0 Å². The number of benzene rings is 3. The molecule has 2 atom stereocenters. The SMILES string of the molecule is Cc1ccc(C)c(CC(O)CNC(C)Cc2ccc3c(c2-c2cc(C)ccc2C)OC(C(=O)O)(C(=O)O)O3)c1. The molecule has 0 aliphatic carbocycles. The summed E-state index contributed by atoms with van der Waals surface area (Å²) >= 11 is 0. The van der Waals surface area contributed by atoms with E-state index in [0.29, 0.717) is 24.9 Å². The van der Waals surface area contributed by atoms with E-state index in [4.69, 9.17) is 9.47 Å². The van der Waals surface area contributed by atoms with Crippen molar-refractivity contribution < 1.29 is 34.4 Å². The molecule has 39 heavy (non-hydrogen) atoms. The molecule has 0 fully saturated rings. The van der Waals surface area contributed by atoms with Crippen molar-refractivity contribution in [2.45, 2.75) is 65.4 Å². The predicted molar refractivity (Wildman–Crippen MR) is 147 cm³/mol. The van der Waals surface area contributed by atoms with Crippen molar-refractivity contribution in [2.75, 3.05) is 6.54 Å². The van der Waals surface area contributed by atoms with Gasteiger partial charge < -0.3 is 30.1 Å². The first-order valence-electron chi connectivity index (χ1n) is 13.0. The van der Waals surface area contributed by atoms with Gasteiger partial charge in [-0.15, -0.1) is 0 Å². The van der Waals surface area contributed by atoms with Crippen LogP contribution in [0, 0.1) is 27.7 Å². The maximum Gasteiger partial charge on any atom is 0.453 e. The van der Waals surface area contributed by atoms with Gasteiger partial charge in [0.25, 0.3) is 0 Å². The van der Waals surface area contributed by atoms with Crippen LogP contribution in [-0.4, -0.2) is 51.7 Å². The van der Waals surface area contributed by atoms with Crippen LogP contribution in [0.15, 0.2) is 48.5 Å². The summed E-state index contributed by atoms with van der Waals surface area (Å²) in [5.41, 5.74) is 7.56. The molecule has 0 amide bonds. The van der Waals surface area contributed by atoms with E-state index in [2.05, 4.69) is 23.5 Å². The number of hydrogen-bond acceptors (Lipinski definition) is 6. The minimum Gasteiger partial charge on any atom is -0.475 e. The highest BCUT2D eigenvalue weighted by atomic mass is 16.8. The van der Waals surface area contributed by atoms with Crippen molar-refractivity contribution in [1.29, 1.82) is 0 Å². The van der Waals surface area contributed by atoms with Crippen LogP contribution in [0.4, 0.5) is 0 Å². The van der Waals surface area contributed by atoms with Gasteiger partial charge in [-0.3, -0.25) is 0 Å². The normalized spacial score (nSPS) is 15.1. The van der Waals surface area contributed by atoms with Crippen LogP contribution in [0.1, 0.15) is 40.3 Å². The third-order valence-corrected chi connectivity index (χ3v) is 7.12. The van der Waals surface area contributed by atoms with Gasteiger partial charge in [0.1, 0.15) is 0 Å². The zero-order chi connectivity index (χ0) is 28.5. The fraction of sp³-hybridized carbons (Fsp3) is 0.355. The van der Waals surface area contributed by atoms with Crippen LogP contribution in [0.5, 0.6) is 11.5 Å². The van der Waals surface area contributed by atoms with E-state index in [1.807, 2.05) is 58.9 Å². The topological polar surface area (TPSA) is 125 Å². The third-order valence-electron chi connectivity index (χ3n) is 7.12. The molecule has 1 aliphatic rings. The number of fused-ring (bicyclic) bond motifs is 1. The Morgan fingerprint density at radius 3 is 2.15 bits per heavy atom. The summed E-state index contributed by atoms with van der Waals surface area (Å²) in [4.78, 5) is 23.8. The Hall–Kier alpha value is -3.88. The minimum atomic E-state index is -2.85. The third kappa shape index (κ3) is 5.77.